The number of para-hydroxylation sites is 1. The molecule has 0 spiro atoms. The minimum atomic E-state index is 1.17. The summed E-state index contributed by atoms with van der Waals surface area (Å²) in [5.41, 5.74) is 9.99. The van der Waals surface area contributed by atoms with Crippen LogP contribution >= 0.6 is 0 Å². The van der Waals surface area contributed by atoms with Crippen molar-refractivity contribution in [1.82, 2.24) is 4.57 Å². The first-order valence-corrected chi connectivity index (χ1v) is 13.9. The lowest BCUT2D eigenvalue weighted by Crippen LogP contribution is -1.94. The summed E-state index contributed by atoms with van der Waals surface area (Å²) in [6, 6.07) is 53.1. The first-order valence-electron chi connectivity index (χ1n) is 13.9. The Labute approximate surface area is 233 Å². The van der Waals surface area contributed by atoms with Crippen LogP contribution in [0.25, 0.3) is 71.3 Å². The second-order valence-electron chi connectivity index (χ2n) is 10.6. The Morgan fingerprint density at radius 3 is 1.45 bits per heavy atom. The highest BCUT2D eigenvalue weighted by Crippen LogP contribution is 2.43. The molecule has 1 heteroatoms. The average Bonchev–Trinajstić information content (AvgIpc) is 3.34. The number of fused-ring (bicyclic) bond motifs is 5. The van der Waals surface area contributed by atoms with Gasteiger partial charge < -0.3 is 4.57 Å². The van der Waals surface area contributed by atoms with E-state index in [1.807, 2.05) is 0 Å². The van der Waals surface area contributed by atoms with E-state index in [0.717, 1.165) is 0 Å². The van der Waals surface area contributed by atoms with Crippen LogP contribution in [0.3, 0.4) is 0 Å². The van der Waals surface area contributed by atoms with Gasteiger partial charge in [0.05, 0.1) is 11.0 Å². The molecule has 40 heavy (non-hydrogen) atoms. The lowest BCUT2D eigenvalue weighted by molar-refractivity contribution is 1.18. The zero-order valence-electron chi connectivity index (χ0n) is 22.3. The molecular weight excluding hydrogens is 482 g/mol. The van der Waals surface area contributed by atoms with Crippen LogP contribution < -0.4 is 0 Å². The lowest BCUT2D eigenvalue weighted by atomic mass is 9.86. The maximum Gasteiger partial charge on any atom is 0.0541 e. The molecule has 0 saturated heterocycles. The molecule has 0 atom stereocenters. The van der Waals surface area contributed by atoms with Crippen LogP contribution in [0.5, 0.6) is 0 Å². The van der Waals surface area contributed by atoms with Crippen molar-refractivity contribution >= 4 is 43.4 Å². The Bertz CT molecular complexity index is 2140. The number of aryl methyl sites for hydroxylation is 1. The number of nitrogens with zero attached hydrogens (tertiary/aromatic N) is 1. The molecule has 0 fully saturated rings. The van der Waals surface area contributed by atoms with Gasteiger partial charge in [0.15, 0.2) is 0 Å². The van der Waals surface area contributed by atoms with Gasteiger partial charge in [-0.05, 0) is 81.1 Å². The minimum Gasteiger partial charge on any atom is -0.309 e. The van der Waals surface area contributed by atoms with Gasteiger partial charge in [-0.1, -0.05) is 121 Å². The van der Waals surface area contributed by atoms with Crippen molar-refractivity contribution in [2.24, 2.45) is 0 Å². The molecule has 0 amide bonds. The van der Waals surface area contributed by atoms with E-state index in [9.17, 15) is 0 Å². The van der Waals surface area contributed by atoms with E-state index in [0.29, 0.717) is 0 Å². The third kappa shape index (κ3) is 3.41. The third-order valence-electron chi connectivity index (χ3n) is 8.24. The SMILES string of the molecule is Cc1ccc2c(c1)c1ccccc1n2-c1ccc(-c2c3ccccc3c(-c3ccccc3)c3ccccc23)cc1. The maximum absolute atomic E-state index is 2.39. The molecule has 0 unspecified atom stereocenters. The zero-order valence-corrected chi connectivity index (χ0v) is 22.3. The van der Waals surface area contributed by atoms with Crippen molar-refractivity contribution in [3.63, 3.8) is 0 Å². The van der Waals surface area contributed by atoms with Crippen LogP contribution in [0, 0.1) is 6.92 Å². The molecule has 0 bridgehead atoms. The summed E-state index contributed by atoms with van der Waals surface area (Å²) >= 11 is 0. The van der Waals surface area contributed by atoms with Crippen molar-refractivity contribution in [1.29, 1.82) is 0 Å². The average molecular weight is 510 g/mol. The molecule has 1 nitrogen and oxygen atoms in total. The van der Waals surface area contributed by atoms with Crippen molar-refractivity contribution in [2.45, 2.75) is 6.92 Å². The van der Waals surface area contributed by atoms with Crippen LogP contribution in [0.1, 0.15) is 5.56 Å². The molecule has 0 aliphatic heterocycles. The fourth-order valence-electron chi connectivity index (χ4n) is 6.50. The molecule has 0 N–H and O–H groups in total. The number of rotatable bonds is 3. The Hall–Kier alpha value is -5.14. The Morgan fingerprint density at radius 2 is 0.850 bits per heavy atom. The second-order valence-corrected chi connectivity index (χ2v) is 10.6. The molecule has 8 rings (SSSR count). The van der Waals surface area contributed by atoms with Gasteiger partial charge in [0.1, 0.15) is 0 Å². The minimum absolute atomic E-state index is 1.17. The van der Waals surface area contributed by atoms with E-state index in [4.69, 9.17) is 0 Å². The van der Waals surface area contributed by atoms with E-state index < -0.39 is 0 Å². The molecule has 0 aliphatic carbocycles. The van der Waals surface area contributed by atoms with E-state index >= 15 is 0 Å². The highest BCUT2D eigenvalue weighted by atomic mass is 15.0. The van der Waals surface area contributed by atoms with Crippen LogP contribution in [0.15, 0.2) is 146 Å². The van der Waals surface area contributed by atoms with Crippen molar-refractivity contribution < 1.29 is 0 Å². The van der Waals surface area contributed by atoms with Crippen LogP contribution in [0.4, 0.5) is 0 Å². The summed E-state index contributed by atoms with van der Waals surface area (Å²) in [7, 11) is 0. The highest BCUT2D eigenvalue weighted by Gasteiger charge is 2.17. The summed E-state index contributed by atoms with van der Waals surface area (Å²) in [6.45, 7) is 2.16. The molecular formula is C39H27N. The second kappa shape index (κ2) is 8.97. The Balaban J connectivity index is 1.37. The summed E-state index contributed by atoms with van der Waals surface area (Å²) < 4.78 is 2.39. The van der Waals surface area contributed by atoms with Gasteiger partial charge in [0.25, 0.3) is 0 Å². The number of benzene rings is 7. The monoisotopic (exact) mass is 509 g/mol. The molecule has 188 valence electrons. The van der Waals surface area contributed by atoms with Gasteiger partial charge in [0.2, 0.25) is 0 Å². The zero-order chi connectivity index (χ0) is 26.6. The van der Waals surface area contributed by atoms with Crippen LogP contribution in [0.2, 0.25) is 0 Å². The summed E-state index contributed by atoms with van der Waals surface area (Å²) in [5, 5.41) is 7.71. The van der Waals surface area contributed by atoms with Crippen LogP contribution in [-0.4, -0.2) is 4.57 Å². The van der Waals surface area contributed by atoms with Crippen molar-refractivity contribution in [2.75, 3.05) is 0 Å². The number of hydrogen-bond acceptors (Lipinski definition) is 0. The third-order valence-corrected chi connectivity index (χ3v) is 8.24. The fraction of sp³-hybridized carbons (Fsp3) is 0.0256. The summed E-state index contributed by atoms with van der Waals surface area (Å²) in [5.74, 6) is 0. The predicted octanol–water partition coefficient (Wildman–Crippen LogP) is 10.7. The van der Waals surface area contributed by atoms with Gasteiger partial charge in [-0.2, -0.15) is 0 Å². The summed E-state index contributed by atoms with van der Waals surface area (Å²) in [6.07, 6.45) is 0. The van der Waals surface area contributed by atoms with Gasteiger partial charge in [0, 0.05) is 16.5 Å². The summed E-state index contributed by atoms with van der Waals surface area (Å²) in [4.78, 5) is 0. The smallest absolute Gasteiger partial charge is 0.0541 e. The molecule has 8 aromatic rings. The van der Waals surface area contributed by atoms with E-state index in [1.165, 1.54) is 76.9 Å². The molecule has 1 heterocycles. The topological polar surface area (TPSA) is 4.93 Å². The van der Waals surface area contributed by atoms with Gasteiger partial charge >= 0.3 is 0 Å². The maximum atomic E-state index is 2.39. The van der Waals surface area contributed by atoms with Crippen LogP contribution in [-0.2, 0) is 0 Å². The Morgan fingerprint density at radius 1 is 0.375 bits per heavy atom. The number of aromatic nitrogens is 1. The quantitative estimate of drug-likeness (QED) is 0.209. The van der Waals surface area contributed by atoms with E-state index in [2.05, 4.69) is 157 Å². The van der Waals surface area contributed by atoms with Crippen molar-refractivity contribution in [3.05, 3.63) is 151 Å². The molecule has 0 aliphatic rings. The molecule has 0 radical (unpaired) electrons. The largest absolute Gasteiger partial charge is 0.309 e. The molecule has 7 aromatic carbocycles. The van der Waals surface area contributed by atoms with Crippen molar-refractivity contribution in [3.8, 4) is 27.9 Å². The lowest BCUT2D eigenvalue weighted by Gasteiger charge is -2.18. The first-order chi connectivity index (χ1) is 19.8. The van der Waals surface area contributed by atoms with Gasteiger partial charge in [-0.3, -0.25) is 0 Å². The fourth-order valence-corrected chi connectivity index (χ4v) is 6.50. The van der Waals surface area contributed by atoms with E-state index in [-0.39, 0.29) is 0 Å². The number of hydrogen-bond donors (Lipinski definition) is 0. The van der Waals surface area contributed by atoms with Gasteiger partial charge in [-0.15, -0.1) is 0 Å². The first kappa shape index (κ1) is 22.8. The molecule has 0 saturated carbocycles. The standard InChI is InChI=1S/C39H27N/c1-26-19-24-37-35(25-26)30-13-9-10-18-36(30)40(37)29-22-20-28(21-23-29)39-33-16-7-5-14-31(33)38(27-11-3-2-4-12-27)32-15-6-8-17-34(32)39/h2-25H,1H3. The molecule has 1 aromatic heterocycles. The predicted molar refractivity (Wildman–Crippen MR) is 171 cm³/mol. The van der Waals surface area contributed by atoms with Gasteiger partial charge in [-0.25, -0.2) is 0 Å². The van der Waals surface area contributed by atoms with E-state index in [1.54, 1.807) is 0 Å². The highest BCUT2D eigenvalue weighted by molar-refractivity contribution is 6.21. The Kier molecular flexibility index (Phi) is 5.11. The normalized spacial score (nSPS) is 11.6.